The first-order valence-electron chi connectivity index (χ1n) is 11.2. The van der Waals surface area contributed by atoms with E-state index in [2.05, 4.69) is 37.4 Å². The minimum Gasteiger partial charge on any atom is -0.456 e. The van der Waals surface area contributed by atoms with Crippen LogP contribution in [0.5, 0.6) is 0 Å². The van der Waals surface area contributed by atoms with Gasteiger partial charge in [0.2, 0.25) is 0 Å². The molecule has 9 heteroatoms. The van der Waals surface area contributed by atoms with E-state index < -0.39 is 10.0 Å². The molecule has 0 saturated heterocycles. The summed E-state index contributed by atoms with van der Waals surface area (Å²) in [7, 11) is -3.52. The number of ether oxygens (including phenoxy) is 1. The largest absolute Gasteiger partial charge is 0.456 e. The van der Waals surface area contributed by atoms with Crippen molar-refractivity contribution >= 4 is 27.7 Å². The van der Waals surface area contributed by atoms with E-state index >= 15 is 0 Å². The van der Waals surface area contributed by atoms with Crippen LogP contribution in [0.25, 0.3) is 0 Å². The molecule has 178 valence electrons. The van der Waals surface area contributed by atoms with Crippen molar-refractivity contribution in [3.63, 3.8) is 0 Å². The Morgan fingerprint density at radius 1 is 1.03 bits per heavy atom. The zero-order valence-electron chi connectivity index (χ0n) is 19.5. The van der Waals surface area contributed by atoms with Gasteiger partial charge in [-0.3, -0.25) is 19.3 Å². The van der Waals surface area contributed by atoms with Crippen molar-refractivity contribution in [2.75, 3.05) is 26.2 Å². The first-order chi connectivity index (χ1) is 15.1. The highest BCUT2D eigenvalue weighted by atomic mass is 32.2. The summed E-state index contributed by atoms with van der Waals surface area (Å²) in [6.45, 7) is 9.76. The number of carbonyl (C=O) groups is 2. The average molecular weight is 466 g/mol. The Kier molecular flexibility index (Phi) is 9.68. The highest BCUT2D eigenvalue weighted by molar-refractivity contribution is 7.90. The highest BCUT2D eigenvalue weighted by Crippen LogP contribution is 2.22. The molecule has 1 aliphatic heterocycles. The van der Waals surface area contributed by atoms with Gasteiger partial charge in [-0.15, -0.1) is 0 Å². The van der Waals surface area contributed by atoms with Crippen LogP contribution in [0.4, 0.5) is 0 Å². The van der Waals surface area contributed by atoms with Crippen LogP contribution in [0.2, 0.25) is 0 Å². The maximum atomic E-state index is 12.4. The lowest BCUT2D eigenvalue weighted by Crippen LogP contribution is -2.39. The highest BCUT2D eigenvalue weighted by Gasteiger charge is 2.29. The van der Waals surface area contributed by atoms with Crippen LogP contribution < -0.4 is 4.72 Å². The summed E-state index contributed by atoms with van der Waals surface area (Å²) in [5, 5.41) is 0. The number of carbonyl (C=O) groups excluding carboxylic acids is 2. The van der Waals surface area contributed by atoms with Crippen LogP contribution in [0.15, 0.2) is 34.2 Å². The first-order valence-corrected chi connectivity index (χ1v) is 12.7. The molecule has 32 heavy (non-hydrogen) atoms. The molecule has 1 aliphatic rings. The van der Waals surface area contributed by atoms with E-state index in [-0.39, 0.29) is 29.8 Å². The van der Waals surface area contributed by atoms with Crippen molar-refractivity contribution in [3.05, 3.63) is 29.8 Å². The van der Waals surface area contributed by atoms with Gasteiger partial charge in [-0.05, 0) is 36.8 Å². The van der Waals surface area contributed by atoms with Crippen LogP contribution in [0.1, 0.15) is 58.9 Å². The number of hydrogen-bond acceptors (Lipinski definition) is 6. The fraction of sp³-hybridized carbons (Fsp3) is 0.609. The van der Waals surface area contributed by atoms with Crippen molar-refractivity contribution in [2.45, 2.75) is 58.3 Å². The summed E-state index contributed by atoms with van der Waals surface area (Å²) in [5.41, 5.74) is 0.588. The molecule has 1 amide bonds. The molecule has 8 nitrogen and oxygen atoms in total. The van der Waals surface area contributed by atoms with Crippen molar-refractivity contribution in [3.8, 4) is 0 Å². The molecule has 0 radical (unpaired) electrons. The second-order valence-electron chi connectivity index (χ2n) is 8.89. The van der Waals surface area contributed by atoms with E-state index in [4.69, 9.17) is 4.74 Å². The van der Waals surface area contributed by atoms with Crippen LogP contribution in [-0.2, 0) is 24.3 Å². The summed E-state index contributed by atoms with van der Waals surface area (Å²) in [6.07, 6.45) is 2.34. The lowest BCUT2D eigenvalue weighted by molar-refractivity contribution is -0.152. The van der Waals surface area contributed by atoms with Crippen molar-refractivity contribution in [2.24, 2.45) is 16.8 Å². The molecule has 0 fully saturated rings. The Bertz CT molecular complexity index is 915. The van der Waals surface area contributed by atoms with E-state index in [0.717, 1.165) is 12.8 Å². The average Bonchev–Trinajstić information content (AvgIpc) is 2.98. The van der Waals surface area contributed by atoms with Crippen molar-refractivity contribution < 1.29 is 22.7 Å². The van der Waals surface area contributed by atoms with E-state index in [1.165, 1.54) is 0 Å². The molecule has 0 unspecified atom stereocenters. The van der Waals surface area contributed by atoms with Gasteiger partial charge >= 0.3 is 5.97 Å². The van der Waals surface area contributed by atoms with Gasteiger partial charge in [0.05, 0.1) is 4.90 Å². The SMILES string of the molecule is CC(C)CN(CC(C)C)C(=O)COC(=O)CCCCCN=C1NS(=O)(=O)c2ccccc21. The topological polar surface area (TPSA) is 105 Å². The predicted molar refractivity (Wildman–Crippen MR) is 124 cm³/mol. The number of esters is 1. The summed E-state index contributed by atoms with van der Waals surface area (Å²) in [4.78, 5) is 30.7. The molecule has 0 saturated carbocycles. The Hall–Kier alpha value is -2.42. The number of benzene rings is 1. The molecule has 0 atom stereocenters. The molecule has 1 heterocycles. The molecule has 2 rings (SSSR count). The van der Waals surface area contributed by atoms with Gasteiger partial charge in [0.25, 0.3) is 15.9 Å². The van der Waals surface area contributed by atoms with Gasteiger partial charge in [-0.25, -0.2) is 8.42 Å². The van der Waals surface area contributed by atoms with Crippen LogP contribution in [-0.4, -0.2) is 57.3 Å². The second-order valence-corrected chi connectivity index (χ2v) is 10.5. The number of fused-ring (bicyclic) bond motifs is 1. The number of amidine groups is 1. The molecule has 0 aromatic heterocycles. The minimum atomic E-state index is -3.52. The van der Waals surface area contributed by atoms with E-state index in [1.54, 1.807) is 29.2 Å². The molecular weight excluding hydrogens is 430 g/mol. The smallest absolute Gasteiger partial charge is 0.306 e. The zero-order chi connectivity index (χ0) is 23.7. The summed E-state index contributed by atoms with van der Waals surface area (Å²) >= 11 is 0. The number of hydrogen-bond donors (Lipinski definition) is 1. The number of unbranched alkanes of at least 4 members (excludes halogenated alkanes) is 2. The predicted octanol–water partition coefficient (Wildman–Crippen LogP) is 2.97. The Labute approximate surface area is 191 Å². The van der Waals surface area contributed by atoms with Crippen LogP contribution >= 0.6 is 0 Å². The molecule has 0 aliphatic carbocycles. The molecule has 0 spiro atoms. The first kappa shape index (κ1) is 25.8. The van der Waals surface area contributed by atoms with Gasteiger partial charge in [-0.2, -0.15) is 0 Å². The fourth-order valence-corrected chi connectivity index (χ4v) is 4.72. The summed E-state index contributed by atoms with van der Waals surface area (Å²) < 4.78 is 31.8. The number of nitrogens with one attached hydrogen (secondary N) is 1. The Balaban J connectivity index is 1.68. The van der Waals surface area contributed by atoms with Gasteiger partial charge < -0.3 is 9.64 Å². The van der Waals surface area contributed by atoms with Crippen molar-refractivity contribution in [1.29, 1.82) is 0 Å². The maximum Gasteiger partial charge on any atom is 0.306 e. The minimum absolute atomic E-state index is 0.157. The lowest BCUT2D eigenvalue weighted by Gasteiger charge is -2.26. The lowest BCUT2D eigenvalue weighted by atomic mass is 10.1. The number of nitrogens with zero attached hydrogens (tertiary/aromatic N) is 2. The van der Waals surface area contributed by atoms with E-state index in [9.17, 15) is 18.0 Å². The Morgan fingerprint density at radius 3 is 2.34 bits per heavy atom. The van der Waals surface area contributed by atoms with Gasteiger partial charge in [0.15, 0.2) is 6.61 Å². The third-order valence-electron chi connectivity index (χ3n) is 4.85. The molecule has 0 bridgehead atoms. The molecular formula is C23H35N3O5S. The fourth-order valence-electron chi connectivity index (χ4n) is 3.47. The number of aliphatic imine (C=N–C) groups is 1. The van der Waals surface area contributed by atoms with Gasteiger partial charge in [0.1, 0.15) is 5.84 Å². The quantitative estimate of drug-likeness (QED) is 0.377. The standard InChI is InChI=1S/C23H35N3O5S/c1-17(2)14-26(15-18(3)4)21(27)16-31-22(28)12-6-5-9-13-24-23-19-10-7-8-11-20(19)32(29,30)25-23/h7-8,10-11,17-18H,5-6,9,12-16H2,1-4H3,(H,24,25). The van der Waals surface area contributed by atoms with Crippen molar-refractivity contribution in [1.82, 2.24) is 9.62 Å². The van der Waals surface area contributed by atoms with Crippen LogP contribution in [0, 0.1) is 11.8 Å². The third-order valence-corrected chi connectivity index (χ3v) is 6.25. The van der Waals surface area contributed by atoms with Crippen LogP contribution in [0.3, 0.4) is 0 Å². The van der Waals surface area contributed by atoms with Gasteiger partial charge in [0, 0.05) is 31.6 Å². The molecule has 1 N–H and O–H groups in total. The number of amides is 1. The summed E-state index contributed by atoms with van der Waals surface area (Å²) in [5.74, 6) is 0.535. The Morgan fingerprint density at radius 2 is 1.69 bits per heavy atom. The third kappa shape index (κ3) is 7.93. The zero-order valence-corrected chi connectivity index (χ0v) is 20.3. The molecule has 1 aromatic rings. The normalized spacial score (nSPS) is 15.6. The second kappa shape index (κ2) is 12.0. The van der Waals surface area contributed by atoms with Gasteiger partial charge in [-0.1, -0.05) is 46.2 Å². The van der Waals surface area contributed by atoms with E-state index in [0.29, 0.717) is 49.3 Å². The maximum absolute atomic E-state index is 12.4. The monoisotopic (exact) mass is 465 g/mol. The number of rotatable bonds is 12. The van der Waals surface area contributed by atoms with E-state index in [1.807, 2.05) is 0 Å². The summed E-state index contributed by atoms with van der Waals surface area (Å²) in [6, 6.07) is 6.74. The molecule has 1 aromatic carbocycles. The number of sulfonamides is 1.